The second-order valence-corrected chi connectivity index (χ2v) is 6.58. The Morgan fingerprint density at radius 1 is 0.833 bits per heavy atom. The fourth-order valence-corrected chi connectivity index (χ4v) is 3.16. The number of rotatable bonds is 0. The van der Waals surface area contributed by atoms with Gasteiger partial charge in [-0.1, -0.05) is 63.2 Å². The average Bonchev–Trinajstić information content (AvgIpc) is 3.05. The van der Waals surface area contributed by atoms with Gasteiger partial charge in [0.1, 0.15) is 0 Å². The summed E-state index contributed by atoms with van der Waals surface area (Å²) < 4.78 is 9.67. The van der Waals surface area contributed by atoms with Gasteiger partial charge in [-0.05, 0) is 24.3 Å². The maximum absolute atomic E-state index is 11.0. The van der Waals surface area contributed by atoms with E-state index in [9.17, 15) is 4.79 Å². The third kappa shape index (κ3) is 3.36. The molecule has 0 amide bonds. The van der Waals surface area contributed by atoms with E-state index in [1.54, 1.807) is 12.1 Å². The average molecular weight is 426 g/mol. The van der Waals surface area contributed by atoms with Crippen molar-refractivity contribution in [1.82, 2.24) is 10.3 Å². The number of H-pyrrole nitrogens is 1. The van der Waals surface area contributed by atoms with Gasteiger partial charge in [-0.25, -0.2) is 0 Å². The number of aromatic nitrogens is 2. The normalized spacial score (nSPS) is 10.9. The summed E-state index contributed by atoms with van der Waals surface area (Å²) in [6.07, 6.45) is 0. The van der Waals surface area contributed by atoms with Crippen LogP contribution in [0, 0.1) is 0 Å². The number of hydrogen-bond acceptors (Lipinski definition) is 4. The SMILES string of the molecule is Clc1cc(Cl)c2onc(Cl)c2c1.O=c1[nH]oc2c(Cl)cc(Cl)cc12. The fourth-order valence-electron chi connectivity index (χ4n) is 1.93. The number of nitrogens with zero attached hydrogens (tertiary/aromatic N) is 1. The van der Waals surface area contributed by atoms with E-state index < -0.39 is 0 Å². The van der Waals surface area contributed by atoms with E-state index in [2.05, 4.69) is 10.3 Å². The Labute approximate surface area is 158 Å². The molecule has 0 aliphatic heterocycles. The van der Waals surface area contributed by atoms with Crippen LogP contribution < -0.4 is 5.56 Å². The van der Waals surface area contributed by atoms with Crippen LogP contribution in [0.4, 0.5) is 0 Å². The van der Waals surface area contributed by atoms with Crippen molar-refractivity contribution in [2.75, 3.05) is 0 Å². The maximum atomic E-state index is 11.0. The van der Waals surface area contributed by atoms with E-state index in [1.165, 1.54) is 12.1 Å². The molecule has 0 aliphatic rings. The van der Waals surface area contributed by atoms with Gasteiger partial charge in [0.2, 0.25) is 0 Å². The van der Waals surface area contributed by atoms with Gasteiger partial charge in [-0.15, -0.1) is 0 Å². The summed E-state index contributed by atoms with van der Waals surface area (Å²) in [4.78, 5) is 11.0. The summed E-state index contributed by atoms with van der Waals surface area (Å²) in [6, 6.07) is 6.25. The predicted molar refractivity (Wildman–Crippen MR) is 95.9 cm³/mol. The van der Waals surface area contributed by atoms with E-state index in [0.717, 1.165) is 0 Å². The van der Waals surface area contributed by atoms with Crippen molar-refractivity contribution in [2.24, 2.45) is 0 Å². The van der Waals surface area contributed by atoms with Crippen LogP contribution in [0.5, 0.6) is 0 Å². The monoisotopic (exact) mass is 424 g/mol. The van der Waals surface area contributed by atoms with E-state index in [1.807, 2.05) is 0 Å². The Balaban J connectivity index is 0.000000141. The molecule has 1 N–H and O–H groups in total. The van der Waals surface area contributed by atoms with Crippen molar-refractivity contribution < 1.29 is 9.05 Å². The van der Waals surface area contributed by atoms with Crippen molar-refractivity contribution in [3.05, 3.63) is 59.9 Å². The topological polar surface area (TPSA) is 72.0 Å². The Bertz CT molecular complexity index is 1100. The molecule has 4 aromatic rings. The van der Waals surface area contributed by atoms with Crippen LogP contribution >= 0.6 is 58.0 Å². The molecule has 124 valence electrons. The Kier molecular flexibility index (Phi) is 4.99. The first-order valence-corrected chi connectivity index (χ1v) is 8.12. The molecule has 5 nitrogen and oxygen atoms in total. The smallest absolute Gasteiger partial charge is 0.287 e. The Morgan fingerprint density at radius 3 is 2.08 bits per heavy atom. The predicted octanol–water partition coefficient (Wildman–Crippen LogP) is 6.22. The van der Waals surface area contributed by atoms with Crippen LogP contribution in [0.2, 0.25) is 25.2 Å². The summed E-state index contributed by atoms with van der Waals surface area (Å²) in [5.41, 5.74) is 0.478. The molecule has 0 fully saturated rings. The van der Waals surface area contributed by atoms with Crippen LogP contribution in [0.1, 0.15) is 0 Å². The molecule has 2 heterocycles. The summed E-state index contributed by atoms with van der Waals surface area (Å²) >= 11 is 28.6. The molecule has 0 saturated heterocycles. The summed E-state index contributed by atoms with van der Waals surface area (Å²) in [5.74, 6) is 0. The first-order chi connectivity index (χ1) is 11.4. The van der Waals surface area contributed by atoms with E-state index in [-0.39, 0.29) is 10.7 Å². The van der Waals surface area contributed by atoms with Gasteiger partial charge in [-0.3, -0.25) is 4.79 Å². The molecule has 0 saturated carbocycles. The van der Waals surface area contributed by atoms with Gasteiger partial charge < -0.3 is 9.05 Å². The Hall–Kier alpha value is -1.37. The van der Waals surface area contributed by atoms with Crippen molar-refractivity contribution in [2.45, 2.75) is 0 Å². The van der Waals surface area contributed by atoms with Crippen LogP contribution in [0.15, 0.2) is 38.1 Å². The highest BCUT2D eigenvalue weighted by molar-refractivity contribution is 6.41. The van der Waals surface area contributed by atoms with Gasteiger partial charge in [0.25, 0.3) is 5.56 Å². The van der Waals surface area contributed by atoms with E-state index >= 15 is 0 Å². The number of nitrogens with one attached hydrogen (secondary N) is 1. The van der Waals surface area contributed by atoms with Crippen molar-refractivity contribution >= 4 is 79.9 Å². The van der Waals surface area contributed by atoms with E-state index in [0.29, 0.717) is 42.0 Å². The second kappa shape index (κ2) is 6.86. The summed E-state index contributed by atoms with van der Waals surface area (Å²) in [6.45, 7) is 0. The van der Waals surface area contributed by atoms with Crippen LogP contribution in [-0.2, 0) is 0 Å². The molecule has 4 rings (SSSR count). The lowest BCUT2D eigenvalue weighted by atomic mass is 10.3. The van der Waals surface area contributed by atoms with Gasteiger partial charge in [-0.2, -0.15) is 5.16 Å². The molecule has 10 heteroatoms. The molecular weight excluding hydrogens is 421 g/mol. The molecule has 0 bridgehead atoms. The first-order valence-electron chi connectivity index (χ1n) is 6.23. The Morgan fingerprint density at radius 2 is 1.42 bits per heavy atom. The first kappa shape index (κ1) is 17.5. The van der Waals surface area contributed by atoms with Gasteiger partial charge in [0.15, 0.2) is 16.3 Å². The number of benzene rings is 2. The van der Waals surface area contributed by atoms with Gasteiger partial charge in [0.05, 0.1) is 20.8 Å². The lowest BCUT2D eigenvalue weighted by molar-refractivity contribution is 0.449. The third-order valence-electron chi connectivity index (χ3n) is 2.95. The van der Waals surface area contributed by atoms with Crippen molar-refractivity contribution in [3.8, 4) is 0 Å². The van der Waals surface area contributed by atoms with Crippen molar-refractivity contribution in [1.29, 1.82) is 0 Å². The third-order valence-corrected chi connectivity index (χ3v) is 4.22. The second-order valence-electron chi connectivity index (χ2n) is 4.54. The highest BCUT2D eigenvalue weighted by atomic mass is 35.5. The number of fused-ring (bicyclic) bond motifs is 2. The number of aromatic amines is 1. The lowest BCUT2D eigenvalue weighted by Crippen LogP contribution is -1.95. The fraction of sp³-hybridized carbons (Fsp3) is 0. The summed E-state index contributed by atoms with van der Waals surface area (Å²) in [7, 11) is 0. The van der Waals surface area contributed by atoms with E-state index in [4.69, 9.17) is 67.1 Å². The van der Waals surface area contributed by atoms with Gasteiger partial charge in [0, 0.05) is 10.0 Å². The lowest BCUT2D eigenvalue weighted by Gasteiger charge is -1.91. The zero-order chi connectivity index (χ0) is 17.4. The molecule has 0 atom stereocenters. The molecule has 0 radical (unpaired) electrons. The molecule has 24 heavy (non-hydrogen) atoms. The molecule has 0 unspecified atom stereocenters. The minimum absolute atomic E-state index is 0.273. The molecule has 2 aromatic heterocycles. The standard InChI is InChI=1S/C7H2Cl3NO.C7H3Cl2NO2/c8-3-1-4-6(5(9)2-3)12-11-7(4)10;8-3-1-4-6(5(9)2-3)12-10-7(4)11/h1-2H;1-2H,(H,10,11). The van der Waals surface area contributed by atoms with Crippen molar-refractivity contribution in [3.63, 3.8) is 0 Å². The molecule has 0 spiro atoms. The molecular formula is C14H5Cl5N2O3. The zero-order valence-corrected chi connectivity index (χ0v) is 15.2. The van der Waals surface area contributed by atoms with Crippen LogP contribution in [0.3, 0.4) is 0 Å². The molecule has 2 aromatic carbocycles. The quantitative estimate of drug-likeness (QED) is 0.362. The summed E-state index contributed by atoms with van der Waals surface area (Å²) in [5, 5.41) is 8.66. The highest BCUT2D eigenvalue weighted by Crippen LogP contribution is 2.31. The minimum Gasteiger partial charge on any atom is -0.377 e. The minimum atomic E-state index is -0.325. The largest absolute Gasteiger partial charge is 0.377 e. The highest BCUT2D eigenvalue weighted by Gasteiger charge is 2.10. The van der Waals surface area contributed by atoms with Crippen LogP contribution in [-0.4, -0.2) is 10.3 Å². The number of hydrogen-bond donors (Lipinski definition) is 1. The van der Waals surface area contributed by atoms with Crippen LogP contribution in [0.25, 0.3) is 21.9 Å². The zero-order valence-electron chi connectivity index (χ0n) is 11.4. The molecule has 0 aliphatic carbocycles. The number of halogens is 5. The van der Waals surface area contributed by atoms with Gasteiger partial charge >= 0.3 is 0 Å². The maximum Gasteiger partial charge on any atom is 0.287 e.